The SMILES string of the molecule is CCOc1ccccc1N1C[C@@H](c2nc3ccccc3n2CCCOc2ccccc2C)CC1=O. The van der Waals surface area contributed by atoms with E-state index in [9.17, 15) is 4.79 Å². The van der Waals surface area contributed by atoms with E-state index in [1.807, 2.05) is 72.5 Å². The summed E-state index contributed by atoms with van der Waals surface area (Å²) in [5.74, 6) is 2.75. The third kappa shape index (κ3) is 4.74. The zero-order valence-corrected chi connectivity index (χ0v) is 20.3. The van der Waals surface area contributed by atoms with E-state index < -0.39 is 0 Å². The first-order valence-electron chi connectivity index (χ1n) is 12.3. The molecule has 1 saturated heterocycles. The number of ether oxygens (including phenoxy) is 2. The van der Waals surface area contributed by atoms with Crippen molar-refractivity contribution in [1.29, 1.82) is 0 Å². The second kappa shape index (κ2) is 10.2. The average Bonchev–Trinajstić information content (AvgIpc) is 3.44. The summed E-state index contributed by atoms with van der Waals surface area (Å²) in [7, 11) is 0. The topological polar surface area (TPSA) is 56.6 Å². The van der Waals surface area contributed by atoms with E-state index in [0.717, 1.165) is 52.6 Å². The molecular formula is C29H31N3O3. The molecule has 0 aliphatic carbocycles. The van der Waals surface area contributed by atoms with E-state index in [0.29, 0.717) is 26.2 Å². The van der Waals surface area contributed by atoms with Crippen LogP contribution in [0.2, 0.25) is 0 Å². The minimum Gasteiger partial charge on any atom is -0.493 e. The van der Waals surface area contributed by atoms with Gasteiger partial charge in [-0.3, -0.25) is 4.79 Å². The van der Waals surface area contributed by atoms with Gasteiger partial charge >= 0.3 is 0 Å². The lowest BCUT2D eigenvalue weighted by atomic mass is 10.1. The highest BCUT2D eigenvalue weighted by molar-refractivity contribution is 5.97. The van der Waals surface area contributed by atoms with Gasteiger partial charge in [-0.1, -0.05) is 42.5 Å². The van der Waals surface area contributed by atoms with Gasteiger partial charge in [0, 0.05) is 25.4 Å². The summed E-state index contributed by atoms with van der Waals surface area (Å²) >= 11 is 0. The molecule has 5 rings (SSSR count). The molecule has 1 amide bonds. The molecule has 180 valence electrons. The van der Waals surface area contributed by atoms with Crippen LogP contribution in [-0.4, -0.2) is 35.2 Å². The van der Waals surface area contributed by atoms with Gasteiger partial charge < -0.3 is 18.9 Å². The summed E-state index contributed by atoms with van der Waals surface area (Å²) in [5, 5.41) is 0. The number of aryl methyl sites for hydroxylation is 2. The first-order valence-corrected chi connectivity index (χ1v) is 12.3. The van der Waals surface area contributed by atoms with Crippen molar-refractivity contribution < 1.29 is 14.3 Å². The number of carbonyl (C=O) groups is 1. The van der Waals surface area contributed by atoms with Gasteiger partial charge in [0.2, 0.25) is 5.91 Å². The first-order chi connectivity index (χ1) is 17.2. The normalized spacial score (nSPS) is 15.7. The number of nitrogens with zero attached hydrogens (tertiary/aromatic N) is 3. The van der Waals surface area contributed by atoms with E-state index >= 15 is 0 Å². The molecule has 1 aromatic heterocycles. The zero-order chi connectivity index (χ0) is 24.2. The van der Waals surface area contributed by atoms with Crippen molar-refractivity contribution in [3.8, 4) is 11.5 Å². The summed E-state index contributed by atoms with van der Waals surface area (Å²) in [5.41, 5.74) is 4.02. The van der Waals surface area contributed by atoms with Gasteiger partial charge in [-0.05, 0) is 56.2 Å². The number of benzene rings is 3. The van der Waals surface area contributed by atoms with Crippen molar-refractivity contribution in [2.75, 3.05) is 24.7 Å². The van der Waals surface area contributed by atoms with Crippen molar-refractivity contribution in [3.05, 3.63) is 84.2 Å². The van der Waals surface area contributed by atoms with Crippen molar-refractivity contribution >= 4 is 22.6 Å². The number of carbonyl (C=O) groups excluding carboxylic acids is 1. The van der Waals surface area contributed by atoms with Gasteiger partial charge in [0.1, 0.15) is 17.3 Å². The Morgan fingerprint density at radius 1 is 0.943 bits per heavy atom. The minimum absolute atomic E-state index is 0.0156. The third-order valence-electron chi connectivity index (χ3n) is 6.51. The summed E-state index contributed by atoms with van der Waals surface area (Å²) < 4.78 is 14.1. The van der Waals surface area contributed by atoms with Gasteiger partial charge in [0.25, 0.3) is 0 Å². The maximum absolute atomic E-state index is 13.1. The molecule has 0 bridgehead atoms. The van der Waals surface area contributed by atoms with Gasteiger partial charge in [0.15, 0.2) is 0 Å². The Kier molecular flexibility index (Phi) is 6.70. The maximum Gasteiger partial charge on any atom is 0.227 e. The molecule has 3 aromatic carbocycles. The summed E-state index contributed by atoms with van der Waals surface area (Å²) in [6.45, 7) is 6.56. The van der Waals surface area contributed by atoms with E-state index in [-0.39, 0.29) is 11.8 Å². The van der Waals surface area contributed by atoms with Gasteiger partial charge in [-0.15, -0.1) is 0 Å². The highest BCUT2D eigenvalue weighted by atomic mass is 16.5. The highest BCUT2D eigenvalue weighted by Gasteiger charge is 2.35. The van der Waals surface area contributed by atoms with Crippen LogP contribution >= 0.6 is 0 Å². The number of anilines is 1. The average molecular weight is 470 g/mol. The van der Waals surface area contributed by atoms with E-state index in [1.165, 1.54) is 0 Å². The standard InChI is InChI=1S/C29H31N3O3/c1-3-34-27-16-9-7-14-25(27)32-20-22(19-28(32)33)29-30-23-12-5-6-13-24(23)31(29)17-10-18-35-26-15-8-4-11-21(26)2/h4-9,11-16,22H,3,10,17-20H2,1-2H3/t22-/m0/s1. The van der Waals surface area contributed by atoms with Crippen molar-refractivity contribution in [2.45, 2.75) is 39.2 Å². The van der Waals surface area contributed by atoms with Crippen LogP contribution in [0.1, 0.15) is 37.1 Å². The van der Waals surface area contributed by atoms with Gasteiger partial charge in [-0.25, -0.2) is 4.98 Å². The van der Waals surface area contributed by atoms with Crippen molar-refractivity contribution in [3.63, 3.8) is 0 Å². The number of aromatic nitrogens is 2. The Labute approximate surface area is 206 Å². The quantitative estimate of drug-likeness (QED) is 0.294. The van der Waals surface area contributed by atoms with Crippen LogP contribution in [-0.2, 0) is 11.3 Å². The van der Waals surface area contributed by atoms with Crippen LogP contribution < -0.4 is 14.4 Å². The summed E-state index contributed by atoms with van der Waals surface area (Å²) in [6, 6.07) is 24.0. The van der Waals surface area contributed by atoms with Crippen LogP contribution in [0, 0.1) is 6.92 Å². The highest BCUT2D eigenvalue weighted by Crippen LogP contribution is 2.37. The number of amides is 1. The summed E-state index contributed by atoms with van der Waals surface area (Å²) in [6.07, 6.45) is 1.28. The fourth-order valence-electron chi connectivity index (χ4n) is 4.84. The molecule has 0 spiro atoms. The molecular weight excluding hydrogens is 438 g/mol. The minimum atomic E-state index is 0.0156. The Bertz CT molecular complexity index is 1330. The largest absolute Gasteiger partial charge is 0.493 e. The molecule has 0 saturated carbocycles. The molecule has 35 heavy (non-hydrogen) atoms. The molecule has 6 nitrogen and oxygen atoms in total. The molecule has 2 heterocycles. The second-order valence-corrected chi connectivity index (χ2v) is 8.88. The maximum atomic E-state index is 13.1. The van der Waals surface area contributed by atoms with Crippen LogP contribution in [0.25, 0.3) is 11.0 Å². The molecule has 1 aliphatic heterocycles. The van der Waals surface area contributed by atoms with Crippen molar-refractivity contribution in [1.82, 2.24) is 9.55 Å². The van der Waals surface area contributed by atoms with E-state index in [4.69, 9.17) is 14.5 Å². The lowest BCUT2D eigenvalue weighted by Crippen LogP contribution is -2.25. The molecule has 1 atom stereocenters. The monoisotopic (exact) mass is 469 g/mol. The number of rotatable bonds is 9. The lowest BCUT2D eigenvalue weighted by Gasteiger charge is -2.20. The molecule has 4 aromatic rings. The second-order valence-electron chi connectivity index (χ2n) is 8.88. The summed E-state index contributed by atoms with van der Waals surface area (Å²) in [4.78, 5) is 19.9. The van der Waals surface area contributed by atoms with Crippen LogP contribution in [0.3, 0.4) is 0 Å². The Hall–Kier alpha value is -3.80. The lowest BCUT2D eigenvalue weighted by molar-refractivity contribution is -0.117. The molecule has 1 fully saturated rings. The molecule has 1 aliphatic rings. The number of hydrogen-bond acceptors (Lipinski definition) is 4. The van der Waals surface area contributed by atoms with Gasteiger partial charge in [-0.2, -0.15) is 0 Å². The zero-order valence-electron chi connectivity index (χ0n) is 20.3. The van der Waals surface area contributed by atoms with Crippen LogP contribution in [0.4, 0.5) is 5.69 Å². The van der Waals surface area contributed by atoms with E-state index in [2.05, 4.69) is 23.6 Å². The van der Waals surface area contributed by atoms with Crippen LogP contribution in [0.5, 0.6) is 11.5 Å². The Morgan fingerprint density at radius 3 is 2.51 bits per heavy atom. The van der Waals surface area contributed by atoms with Crippen molar-refractivity contribution in [2.24, 2.45) is 0 Å². The fraction of sp³-hybridized carbons (Fsp3) is 0.310. The number of imidazole rings is 1. The van der Waals surface area contributed by atoms with E-state index in [1.54, 1.807) is 0 Å². The fourth-order valence-corrected chi connectivity index (χ4v) is 4.84. The third-order valence-corrected chi connectivity index (χ3v) is 6.51. The predicted octanol–water partition coefficient (Wildman–Crippen LogP) is 5.73. The number of hydrogen-bond donors (Lipinski definition) is 0. The molecule has 0 radical (unpaired) electrons. The molecule has 6 heteroatoms. The molecule has 0 unspecified atom stereocenters. The first kappa shape index (κ1) is 23.0. The molecule has 0 N–H and O–H groups in total. The number of para-hydroxylation sites is 5. The number of fused-ring (bicyclic) bond motifs is 1. The Morgan fingerprint density at radius 2 is 1.69 bits per heavy atom. The van der Waals surface area contributed by atoms with Gasteiger partial charge in [0.05, 0.1) is 29.9 Å². The van der Waals surface area contributed by atoms with Crippen LogP contribution in [0.15, 0.2) is 72.8 Å². The Balaban J connectivity index is 1.36. The smallest absolute Gasteiger partial charge is 0.227 e. The predicted molar refractivity (Wildman–Crippen MR) is 138 cm³/mol.